The van der Waals surface area contributed by atoms with Crippen molar-refractivity contribution in [3.05, 3.63) is 65.5 Å². The summed E-state index contributed by atoms with van der Waals surface area (Å²) in [4.78, 5) is 9.28. The van der Waals surface area contributed by atoms with E-state index in [1.807, 2.05) is 12.1 Å². The van der Waals surface area contributed by atoms with Crippen LogP contribution in [0, 0.1) is 5.82 Å². The van der Waals surface area contributed by atoms with Crippen LogP contribution in [0.25, 0.3) is 0 Å². The Balaban J connectivity index is 1.36. The van der Waals surface area contributed by atoms with E-state index in [4.69, 9.17) is 4.89 Å². The third-order valence-electron chi connectivity index (χ3n) is 6.28. The zero-order valence-corrected chi connectivity index (χ0v) is 20.3. The van der Waals surface area contributed by atoms with Gasteiger partial charge in [0.2, 0.25) is 0 Å². The van der Waals surface area contributed by atoms with Gasteiger partial charge in [0.05, 0.1) is 0 Å². The Morgan fingerprint density at radius 3 is 2.59 bits per heavy atom. The van der Waals surface area contributed by atoms with Gasteiger partial charge in [0.25, 0.3) is 0 Å². The first-order valence-electron chi connectivity index (χ1n) is 11.6. The fourth-order valence-electron chi connectivity index (χ4n) is 4.62. The van der Waals surface area contributed by atoms with E-state index in [9.17, 15) is 8.96 Å². The third-order valence-corrected chi connectivity index (χ3v) is 7.82. The van der Waals surface area contributed by atoms with Gasteiger partial charge in [0, 0.05) is 16.0 Å². The van der Waals surface area contributed by atoms with Crippen LogP contribution in [0.1, 0.15) is 62.5 Å². The lowest BCUT2D eigenvalue weighted by atomic mass is 9.75. The molecule has 0 aliphatic heterocycles. The third kappa shape index (κ3) is 7.93. The molecule has 1 fully saturated rings. The number of unbranched alkanes of at least 4 members (excludes halogenated alkanes) is 1. The molecule has 0 aromatic heterocycles. The molecule has 1 aliphatic carbocycles. The molecule has 0 heterocycles. The lowest BCUT2D eigenvalue weighted by molar-refractivity contribution is 0.276. The molecule has 2 aromatic carbocycles. The topological polar surface area (TPSA) is 58.6 Å². The number of hydrogen-bond acceptors (Lipinski definition) is 4. The van der Waals surface area contributed by atoms with Gasteiger partial charge in [-0.05, 0) is 73.1 Å². The molecule has 0 radical (unpaired) electrons. The maximum atomic E-state index is 14.5. The lowest BCUT2D eigenvalue weighted by Crippen LogP contribution is -2.21. The summed E-state index contributed by atoms with van der Waals surface area (Å²) in [6.07, 6.45) is 9.38. The summed E-state index contributed by atoms with van der Waals surface area (Å²) >= 11 is 1.61. The van der Waals surface area contributed by atoms with Crippen LogP contribution in [-0.4, -0.2) is 23.8 Å². The summed E-state index contributed by atoms with van der Waals surface area (Å²) < 4.78 is 29.5. The van der Waals surface area contributed by atoms with Gasteiger partial charge in [0.1, 0.15) is 12.4 Å². The summed E-state index contributed by atoms with van der Waals surface area (Å²) in [5.74, 6) is 0.776. The van der Waals surface area contributed by atoms with Crippen molar-refractivity contribution in [3.8, 4) is 0 Å². The molecule has 32 heavy (non-hydrogen) atoms. The minimum atomic E-state index is -2.53. The Morgan fingerprint density at radius 2 is 1.88 bits per heavy atom. The van der Waals surface area contributed by atoms with Crippen molar-refractivity contribution in [1.82, 2.24) is 5.32 Å². The molecule has 174 valence electrons. The smallest absolute Gasteiger partial charge is 0.313 e. The van der Waals surface area contributed by atoms with Crippen LogP contribution < -0.4 is 5.32 Å². The van der Waals surface area contributed by atoms with Gasteiger partial charge in [-0.2, -0.15) is 0 Å². The van der Waals surface area contributed by atoms with E-state index >= 15 is 0 Å². The van der Waals surface area contributed by atoms with Gasteiger partial charge in [-0.15, -0.1) is 21.2 Å². The predicted molar refractivity (Wildman–Crippen MR) is 130 cm³/mol. The van der Waals surface area contributed by atoms with Crippen molar-refractivity contribution in [3.63, 3.8) is 0 Å². The fourth-order valence-corrected chi connectivity index (χ4v) is 5.83. The maximum Gasteiger partial charge on any atom is 0.694 e. The van der Waals surface area contributed by atoms with E-state index in [0.29, 0.717) is 29.8 Å². The van der Waals surface area contributed by atoms with Crippen LogP contribution in [0.3, 0.4) is 0 Å². The first kappa shape index (κ1) is 25.3. The number of nitrogens with one attached hydrogen (secondary N) is 1. The number of thioether (sulfide) groups is 1. The largest absolute Gasteiger partial charge is 0.694 e. The first-order valence-corrected chi connectivity index (χ1v) is 13.7. The van der Waals surface area contributed by atoms with Crippen LogP contribution >= 0.6 is 20.0 Å². The van der Waals surface area contributed by atoms with E-state index in [1.165, 1.54) is 44.1 Å². The summed E-state index contributed by atoms with van der Waals surface area (Å²) in [6.45, 7) is 1.44. The number of rotatable bonds is 14. The molecule has 7 heteroatoms. The summed E-state index contributed by atoms with van der Waals surface area (Å²) in [5, 5.41) is 3.20. The van der Waals surface area contributed by atoms with Gasteiger partial charge in [-0.25, -0.2) is 4.39 Å². The Kier molecular flexibility index (Phi) is 10.6. The second-order valence-corrected chi connectivity index (χ2v) is 10.4. The van der Waals surface area contributed by atoms with Crippen molar-refractivity contribution >= 4 is 20.0 Å². The average molecular weight is 479 g/mol. The standard InChI is InChI=1S/C25H33FNO3PS/c26-23-19-21(20-27-16-8-17-30-31(28)29)11-12-24(23)32-18-7-6-15-25(13-4-5-14-25)22-9-2-1-3-10-22/h1-3,9-12,19,27H,4-8,13-18,20H2/p+1. The molecular formula is C25H34FNO3PS+. The molecule has 1 unspecified atom stereocenters. The van der Waals surface area contributed by atoms with Crippen molar-refractivity contribution < 1.29 is 18.4 Å². The maximum absolute atomic E-state index is 14.5. The number of hydrogen-bond donors (Lipinski definition) is 2. The van der Waals surface area contributed by atoms with Gasteiger partial charge < -0.3 is 5.32 Å². The molecule has 0 bridgehead atoms. The van der Waals surface area contributed by atoms with E-state index in [0.717, 1.165) is 17.7 Å². The van der Waals surface area contributed by atoms with Gasteiger partial charge in [0.15, 0.2) is 0 Å². The molecule has 2 N–H and O–H groups in total. The van der Waals surface area contributed by atoms with E-state index in [2.05, 4.69) is 40.2 Å². The molecule has 4 nitrogen and oxygen atoms in total. The SMILES string of the molecule is O=[P+](O)OCCCNCc1ccc(SCCCCC2(c3ccccc3)CCCC2)c(F)c1. The second-order valence-electron chi connectivity index (χ2n) is 8.53. The van der Waals surface area contributed by atoms with Gasteiger partial charge >= 0.3 is 8.25 Å². The minimum absolute atomic E-state index is 0.161. The van der Waals surface area contributed by atoms with Crippen molar-refractivity contribution in [2.24, 2.45) is 0 Å². The lowest BCUT2D eigenvalue weighted by Gasteiger charge is -2.30. The van der Waals surface area contributed by atoms with Crippen LogP contribution in [0.4, 0.5) is 4.39 Å². The van der Waals surface area contributed by atoms with Crippen molar-refractivity contribution in [2.75, 3.05) is 18.9 Å². The quantitative estimate of drug-likeness (QED) is 0.179. The molecule has 1 atom stereocenters. The number of benzene rings is 2. The van der Waals surface area contributed by atoms with E-state index in [1.54, 1.807) is 17.8 Å². The Morgan fingerprint density at radius 1 is 1.09 bits per heavy atom. The normalized spacial score (nSPS) is 15.8. The highest BCUT2D eigenvalue weighted by Crippen LogP contribution is 2.44. The Labute approximate surface area is 196 Å². The monoisotopic (exact) mass is 478 g/mol. The molecule has 0 saturated heterocycles. The summed E-state index contributed by atoms with van der Waals surface area (Å²) in [5.41, 5.74) is 2.75. The van der Waals surface area contributed by atoms with Crippen molar-refractivity contribution in [2.45, 2.75) is 68.2 Å². The molecule has 2 aromatic rings. The highest BCUT2D eigenvalue weighted by molar-refractivity contribution is 7.99. The van der Waals surface area contributed by atoms with Crippen LogP contribution in [0.2, 0.25) is 0 Å². The Hall–Kier alpha value is -1.30. The fraction of sp³-hybridized carbons (Fsp3) is 0.520. The first-order chi connectivity index (χ1) is 15.6. The molecular weight excluding hydrogens is 444 g/mol. The molecule has 1 aliphatic rings. The molecule has 0 amide bonds. The summed E-state index contributed by atoms with van der Waals surface area (Å²) in [6, 6.07) is 16.4. The second kappa shape index (κ2) is 13.4. The predicted octanol–water partition coefficient (Wildman–Crippen LogP) is 6.75. The van der Waals surface area contributed by atoms with Gasteiger partial charge in [-0.1, -0.05) is 55.7 Å². The van der Waals surface area contributed by atoms with Crippen LogP contribution in [0.5, 0.6) is 0 Å². The van der Waals surface area contributed by atoms with Crippen molar-refractivity contribution in [1.29, 1.82) is 0 Å². The van der Waals surface area contributed by atoms with Crippen LogP contribution in [-0.2, 0) is 21.0 Å². The van der Waals surface area contributed by atoms with E-state index < -0.39 is 8.25 Å². The number of halogens is 1. The van der Waals surface area contributed by atoms with Gasteiger partial charge in [-0.3, -0.25) is 0 Å². The molecule has 1 saturated carbocycles. The van der Waals surface area contributed by atoms with Crippen LogP contribution in [0.15, 0.2) is 53.4 Å². The Bertz CT molecular complexity index is 846. The zero-order chi connectivity index (χ0) is 22.7. The average Bonchev–Trinajstić information content (AvgIpc) is 3.28. The highest BCUT2D eigenvalue weighted by atomic mass is 32.2. The highest BCUT2D eigenvalue weighted by Gasteiger charge is 2.34. The summed E-state index contributed by atoms with van der Waals surface area (Å²) in [7, 11) is -2.53. The zero-order valence-electron chi connectivity index (χ0n) is 18.6. The van der Waals surface area contributed by atoms with E-state index in [-0.39, 0.29) is 12.4 Å². The molecule has 3 rings (SSSR count). The molecule has 0 spiro atoms. The minimum Gasteiger partial charge on any atom is -0.313 e.